The van der Waals surface area contributed by atoms with Crippen LogP contribution in [0.5, 0.6) is 11.5 Å². The quantitative estimate of drug-likeness (QED) is 0.642. The smallest absolute Gasteiger partial charge is 0.408 e. The van der Waals surface area contributed by atoms with Gasteiger partial charge in [-0.2, -0.15) is 0 Å². The highest BCUT2D eigenvalue weighted by Gasteiger charge is 2.52. The molecule has 8 nitrogen and oxygen atoms in total. The zero-order valence-electron chi connectivity index (χ0n) is 22.9. The van der Waals surface area contributed by atoms with Crippen molar-refractivity contribution < 1.29 is 28.5 Å². The Hall–Kier alpha value is -2.48. The summed E-state index contributed by atoms with van der Waals surface area (Å²) in [6, 6.07) is 5.31. The molecule has 0 aliphatic carbocycles. The number of likely N-dealkylation sites (tertiary alicyclic amines) is 1. The molecular formula is C28H42N2O6. The maximum Gasteiger partial charge on any atom is 0.408 e. The lowest BCUT2D eigenvalue weighted by Crippen LogP contribution is -2.59. The molecule has 2 amide bonds. The number of hydrogen-bond acceptors (Lipinski definition) is 6. The molecule has 2 saturated heterocycles. The highest BCUT2D eigenvalue weighted by Crippen LogP contribution is 2.53. The van der Waals surface area contributed by atoms with Gasteiger partial charge in [-0.1, -0.05) is 13.8 Å². The molecule has 0 radical (unpaired) electrons. The zero-order valence-corrected chi connectivity index (χ0v) is 22.9. The van der Waals surface area contributed by atoms with Gasteiger partial charge >= 0.3 is 6.09 Å². The molecular weight excluding hydrogens is 460 g/mol. The number of benzene rings is 1. The summed E-state index contributed by atoms with van der Waals surface area (Å²) in [4.78, 5) is 27.8. The summed E-state index contributed by atoms with van der Waals surface area (Å²) >= 11 is 0. The van der Waals surface area contributed by atoms with E-state index in [0.717, 1.165) is 29.9 Å². The van der Waals surface area contributed by atoms with Gasteiger partial charge in [-0.15, -0.1) is 0 Å². The van der Waals surface area contributed by atoms with Gasteiger partial charge in [-0.05, 0) is 65.5 Å². The minimum atomic E-state index is -0.634. The Bertz CT molecular complexity index is 985. The molecule has 0 spiro atoms. The van der Waals surface area contributed by atoms with Crippen molar-refractivity contribution in [3.63, 3.8) is 0 Å². The minimum Gasteiger partial charge on any atom is -0.497 e. The number of carbonyl (C=O) groups is 2. The van der Waals surface area contributed by atoms with Crippen molar-refractivity contribution in [3.8, 4) is 11.5 Å². The fraction of sp³-hybridized carbons (Fsp3) is 0.714. The molecule has 0 saturated carbocycles. The number of hydrogen-bond donors (Lipinski definition) is 1. The Morgan fingerprint density at radius 3 is 2.58 bits per heavy atom. The van der Waals surface area contributed by atoms with Crippen LogP contribution in [0.2, 0.25) is 0 Å². The predicted octanol–water partition coefficient (Wildman–Crippen LogP) is 4.71. The van der Waals surface area contributed by atoms with Crippen molar-refractivity contribution in [2.24, 2.45) is 17.8 Å². The molecule has 1 aromatic carbocycles. The van der Waals surface area contributed by atoms with Crippen molar-refractivity contribution >= 4 is 12.0 Å². The molecule has 2 fully saturated rings. The average Bonchev–Trinajstić information content (AvgIpc) is 2.79. The normalized spacial score (nSPS) is 27.6. The van der Waals surface area contributed by atoms with Gasteiger partial charge in [0.1, 0.15) is 28.7 Å². The van der Waals surface area contributed by atoms with Crippen molar-refractivity contribution in [2.45, 2.75) is 90.8 Å². The molecule has 8 heteroatoms. The third kappa shape index (κ3) is 5.43. The molecule has 3 heterocycles. The maximum absolute atomic E-state index is 13.5. The Morgan fingerprint density at radius 2 is 1.94 bits per heavy atom. The second-order valence-corrected chi connectivity index (χ2v) is 12.2. The minimum absolute atomic E-state index is 0.0459. The van der Waals surface area contributed by atoms with E-state index in [1.165, 1.54) is 0 Å². The lowest BCUT2D eigenvalue weighted by Gasteiger charge is -2.53. The van der Waals surface area contributed by atoms with Crippen LogP contribution in [0.15, 0.2) is 18.2 Å². The second-order valence-electron chi connectivity index (χ2n) is 12.2. The Balaban J connectivity index is 1.47. The van der Waals surface area contributed by atoms with Gasteiger partial charge in [0.25, 0.3) is 0 Å². The van der Waals surface area contributed by atoms with Gasteiger partial charge in [-0.3, -0.25) is 4.79 Å². The Morgan fingerprint density at radius 1 is 1.22 bits per heavy atom. The van der Waals surface area contributed by atoms with Gasteiger partial charge in [-0.25, -0.2) is 4.79 Å². The van der Waals surface area contributed by atoms with Crippen LogP contribution in [-0.4, -0.2) is 60.4 Å². The van der Waals surface area contributed by atoms with Crippen LogP contribution >= 0.6 is 0 Å². The van der Waals surface area contributed by atoms with Gasteiger partial charge in [0.15, 0.2) is 0 Å². The van der Waals surface area contributed by atoms with Gasteiger partial charge < -0.3 is 29.2 Å². The first-order chi connectivity index (χ1) is 16.8. The standard InChI is InChI=1S/C28H42N2O6/c1-16(2)23(29-26(32)36-27(3,4)5)25(31)30-12-11-21-17(15-30)13-20-24(34-21)19-10-9-18(33-8)14-22(19)35-28(20,6)7/h9-10,14,16-17,20-21,23-24H,11-13,15H2,1-8H3,(H,29,32)/t17-,20+,21+,23+,24-/m0/s1. The third-order valence-corrected chi connectivity index (χ3v) is 7.62. The first-order valence-corrected chi connectivity index (χ1v) is 13.1. The Kier molecular flexibility index (Phi) is 7.21. The lowest BCUT2D eigenvalue weighted by molar-refractivity contribution is -0.189. The fourth-order valence-electron chi connectivity index (χ4n) is 5.76. The van der Waals surface area contributed by atoms with E-state index in [0.29, 0.717) is 13.1 Å². The highest BCUT2D eigenvalue weighted by atomic mass is 16.6. The molecule has 0 bridgehead atoms. The average molecular weight is 503 g/mol. The Labute approximate surface area is 215 Å². The van der Waals surface area contributed by atoms with E-state index in [-0.39, 0.29) is 35.9 Å². The predicted molar refractivity (Wildman–Crippen MR) is 136 cm³/mol. The van der Waals surface area contributed by atoms with E-state index < -0.39 is 23.3 Å². The van der Waals surface area contributed by atoms with Crippen molar-refractivity contribution in [3.05, 3.63) is 23.8 Å². The van der Waals surface area contributed by atoms with E-state index in [1.807, 2.05) is 51.7 Å². The van der Waals surface area contributed by atoms with Crippen LogP contribution < -0.4 is 14.8 Å². The third-order valence-electron chi connectivity index (χ3n) is 7.62. The number of ether oxygens (including phenoxy) is 4. The topological polar surface area (TPSA) is 86.3 Å². The summed E-state index contributed by atoms with van der Waals surface area (Å²) in [5.41, 5.74) is 0.0280. The molecule has 1 aromatic rings. The van der Waals surface area contributed by atoms with Gasteiger partial charge in [0.2, 0.25) is 5.91 Å². The van der Waals surface area contributed by atoms with Gasteiger partial charge in [0.05, 0.1) is 19.3 Å². The molecule has 3 aliphatic heterocycles. The van der Waals surface area contributed by atoms with E-state index in [1.54, 1.807) is 7.11 Å². The van der Waals surface area contributed by atoms with Crippen molar-refractivity contribution in [1.29, 1.82) is 0 Å². The number of nitrogens with one attached hydrogen (secondary N) is 1. The number of methoxy groups -OCH3 is 1. The summed E-state index contributed by atoms with van der Waals surface area (Å²) in [6.45, 7) is 14.8. The van der Waals surface area contributed by atoms with Crippen LogP contribution in [0.4, 0.5) is 4.79 Å². The SMILES string of the molecule is COc1ccc2c(c1)OC(C)(C)[C@@H]1C[C@H]3CN(C(=O)[C@H](NC(=O)OC(C)(C)C)C(C)C)CC[C@H]3O[C@@H]21. The number of fused-ring (bicyclic) bond motifs is 4. The number of nitrogens with zero attached hydrogens (tertiary/aromatic N) is 1. The zero-order chi connectivity index (χ0) is 26.4. The van der Waals surface area contributed by atoms with Crippen LogP contribution in [0, 0.1) is 17.8 Å². The number of amides is 2. The van der Waals surface area contributed by atoms with Crippen LogP contribution in [0.3, 0.4) is 0 Å². The number of piperidine rings is 1. The molecule has 0 aromatic heterocycles. The molecule has 3 aliphatic rings. The first-order valence-electron chi connectivity index (χ1n) is 13.1. The summed E-state index contributed by atoms with van der Waals surface area (Å²) in [5.74, 6) is 1.83. The molecule has 1 N–H and O–H groups in total. The molecule has 4 rings (SSSR count). The monoisotopic (exact) mass is 502 g/mol. The van der Waals surface area contributed by atoms with E-state index in [4.69, 9.17) is 18.9 Å². The van der Waals surface area contributed by atoms with E-state index in [2.05, 4.69) is 25.2 Å². The fourth-order valence-corrected chi connectivity index (χ4v) is 5.76. The van der Waals surface area contributed by atoms with Gasteiger partial charge in [0, 0.05) is 36.6 Å². The van der Waals surface area contributed by atoms with E-state index >= 15 is 0 Å². The summed E-state index contributed by atoms with van der Waals surface area (Å²) in [7, 11) is 1.65. The first kappa shape index (κ1) is 26.6. The lowest BCUT2D eigenvalue weighted by atomic mass is 9.70. The number of carbonyl (C=O) groups excluding carboxylic acids is 2. The molecule has 5 atom stereocenters. The van der Waals surface area contributed by atoms with E-state index in [9.17, 15) is 9.59 Å². The summed E-state index contributed by atoms with van der Waals surface area (Å²) in [5, 5.41) is 2.81. The second kappa shape index (κ2) is 9.77. The maximum atomic E-state index is 13.5. The summed E-state index contributed by atoms with van der Waals surface area (Å²) in [6.07, 6.45) is 1.14. The van der Waals surface area contributed by atoms with Crippen LogP contribution in [-0.2, 0) is 14.3 Å². The number of rotatable bonds is 4. The largest absolute Gasteiger partial charge is 0.497 e. The van der Waals surface area contributed by atoms with Crippen LogP contribution in [0.25, 0.3) is 0 Å². The molecule has 0 unspecified atom stereocenters. The summed E-state index contributed by atoms with van der Waals surface area (Å²) < 4.78 is 24.0. The number of alkyl carbamates (subject to hydrolysis) is 1. The van der Waals surface area contributed by atoms with Crippen LogP contribution in [0.1, 0.15) is 73.0 Å². The highest BCUT2D eigenvalue weighted by molar-refractivity contribution is 5.86. The molecule has 36 heavy (non-hydrogen) atoms. The molecule has 200 valence electrons. The van der Waals surface area contributed by atoms with Crippen molar-refractivity contribution in [1.82, 2.24) is 10.2 Å². The van der Waals surface area contributed by atoms with Crippen molar-refractivity contribution in [2.75, 3.05) is 20.2 Å².